The molecule has 1 atom stereocenters. The van der Waals surface area contributed by atoms with E-state index in [0.29, 0.717) is 12.5 Å². The van der Waals surface area contributed by atoms with Crippen molar-refractivity contribution in [1.82, 2.24) is 10.3 Å². The lowest BCUT2D eigenvalue weighted by atomic mass is 10.1. The molecule has 1 aromatic heterocycles. The van der Waals surface area contributed by atoms with Gasteiger partial charge in [0.15, 0.2) is 5.13 Å². The average Bonchev–Trinajstić information content (AvgIpc) is 2.95. The summed E-state index contributed by atoms with van der Waals surface area (Å²) in [5.41, 5.74) is -0.438. The Balaban J connectivity index is 1.72. The van der Waals surface area contributed by atoms with Crippen LogP contribution in [0.2, 0.25) is 0 Å². The molecule has 1 amide bonds. The number of nitrogens with zero attached hydrogens (tertiary/aromatic N) is 2. The maximum atomic E-state index is 11.6. The normalized spacial score (nSPS) is 19.5. The number of carbonyl (C=O) groups excluding carboxylic acids is 1. The summed E-state index contributed by atoms with van der Waals surface area (Å²) in [4.78, 5) is 18.1. The molecule has 1 aliphatic rings. The molecule has 0 saturated carbocycles. The van der Waals surface area contributed by atoms with Crippen molar-refractivity contribution in [2.24, 2.45) is 5.92 Å². The van der Waals surface area contributed by atoms with Crippen LogP contribution in [-0.4, -0.2) is 36.3 Å². The van der Waals surface area contributed by atoms with Crippen LogP contribution in [0.15, 0.2) is 11.6 Å². The summed E-state index contributed by atoms with van der Waals surface area (Å²) in [6.07, 6.45) is 2.57. The standard InChI is InChI=1S/C13H21N3O2S/c1-13(2,3)18-12(17)15-8-10-4-6-16(9-10)11-14-5-7-19-11/h5,7,10H,4,6,8-9H2,1-3H3,(H,15,17)/t10-/m1/s1. The van der Waals surface area contributed by atoms with E-state index in [4.69, 9.17) is 4.74 Å². The fourth-order valence-corrected chi connectivity index (χ4v) is 2.77. The van der Waals surface area contributed by atoms with Crippen molar-refractivity contribution < 1.29 is 9.53 Å². The first-order chi connectivity index (χ1) is 8.94. The number of carbonyl (C=O) groups is 1. The van der Waals surface area contributed by atoms with Gasteiger partial charge in [-0.1, -0.05) is 0 Å². The summed E-state index contributed by atoms with van der Waals surface area (Å²) in [5.74, 6) is 0.469. The third-order valence-electron chi connectivity index (χ3n) is 2.91. The molecule has 19 heavy (non-hydrogen) atoms. The molecule has 1 fully saturated rings. The fourth-order valence-electron chi connectivity index (χ4n) is 2.09. The summed E-state index contributed by atoms with van der Waals surface area (Å²) >= 11 is 1.66. The number of thiazole rings is 1. The molecular weight excluding hydrogens is 262 g/mol. The monoisotopic (exact) mass is 283 g/mol. The minimum atomic E-state index is -0.438. The molecule has 0 bridgehead atoms. The zero-order chi connectivity index (χ0) is 13.9. The first-order valence-electron chi connectivity index (χ1n) is 6.55. The number of alkyl carbamates (subject to hydrolysis) is 1. The Kier molecular flexibility index (Phi) is 4.29. The molecular formula is C13H21N3O2S. The molecule has 5 nitrogen and oxygen atoms in total. The average molecular weight is 283 g/mol. The lowest BCUT2D eigenvalue weighted by molar-refractivity contribution is 0.0520. The fraction of sp³-hybridized carbons (Fsp3) is 0.692. The van der Waals surface area contributed by atoms with Gasteiger partial charge in [-0.15, -0.1) is 11.3 Å². The van der Waals surface area contributed by atoms with Crippen LogP contribution in [-0.2, 0) is 4.74 Å². The summed E-state index contributed by atoms with van der Waals surface area (Å²) < 4.78 is 5.22. The van der Waals surface area contributed by atoms with Gasteiger partial charge in [0, 0.05) is 31.2 Å². The highest BCUT2D eigenvalue weighted by Gasteiger charge is 2.25. The second-order valence-corrected chi connectivity index (χ2v) is 6.67. The molecule has 2 heterocycles. The number of nitrogens with one attached hydrogen (secondary N) is 1. The second kappa shape index (κ2) is 5.77. The number of anilines is 1. The van der Waals surface area contributed by atoms with Gasteiger partial charge in [0.1, 0.15) is 5.60 Å². The van der Waals surface area contributed by atoms with Gasteiger partial charge in [0.2, 0.25) is 0 Å². The van der Waals surface area contributed by atoms with Gasteiger partial charge in [-0.05, 0) is 33.1 Å². The second-order valence-electron chi connectivity index (χ2n) is 5.80. The minimum absolute atomic E-state index is 0.333. The van der Waals surface area contributed by atoms with Crippen LogP contribution in [0, 0.1) is 5.92 Å². The van der Waals surface area contributed by atoms with Gasteiger partial charge < -0.3 is 15.0 Å². The molecule has 106 valence electrons. The molecule has 0 unspecified atom stereocenters. The van der Waals surface area contributed by atoms with Crippen molar-refractivity contribution in [2.45, 2.75) is 32.8 Å². The predicted octanol–water partition coefficient (Wildman–Crippen LogP) is 2.49. The van der Waals surface area contributed by atoms with Crippen LogP contribution in [0.25, 0.3) is 0 Å². The highest BCUT2D eigenvalue weighted by Crippen LogP contribution is 2.25. The molecule has 0 radical (unpaired) electrons. The van der Waals surface area contributed by atoms with Gasteiger partial charge in [-0.3, -0.25) is 0 Å². The zero-order valence-electron chi connectivity index (χ0n) is 11.7. The molecule has 2 rings (SSSR count). The van der Waals surface area contributed by atoms with Gasteiger partial charge in [-0.25, -0.2) is 9.78 Å². The molecule has 0 aliphatic carbocycles. The number of aromatic nitrogens is 1. The van der Waals surface area contributed by atoms with E-state index in [0.717, 1.165) is 24.6 Å². The zero-order valence-corrected chi connectivity index (χ0v) is 12.5. The largest absolute Gasteiger partial charge is 0.444 e. The Hall–Kier alpha value is -1.30. The molecule has 1 aliphatic heterocycles. The van der Waals surface area contributed by atoms with Crippen molar-refractivity contribution in [3.63, 3.8) is 0 Å². The van der Waals surface area contributed by atoms with Crippen LogP contribution in [0.5, 0.6) is 0 Å². The van der Waals surface area contributed by atoms with Crippen molar-refractivity contribution in [1.29, 1.82) is 0 Å². The van der Waals surface area contributed by atoms with E-state index >= 15 is 0 Å². The topological polar surface area (TPSA) is 54.5 Å². The highest BCUT2D eigenvalue weighted by atomic mass is 32.1. The Morgan fingerprint density at radius 1 is 1.63 bits per heavy atom. The Bertz CT molecular complexity index is 414. The van der Waals surface area contributed by atoms with Crippen molar-refractivity contribution in [3.8, 4) is 0 Å². The molecule has 1 N–H and O–H groups in total. The maximum absolute atomic E-state index is 11.6. The van der Waals surface area contributed by atoms with Crippen molar-refractivity contribution in [2.75, 3.05) is 24.5 Å². The lowest BCUT2D eigenvalue weighted by Crippen LogP contribution is -2.36. The summed E-state index contributed by atoms with van der Waals surface area (Å²) in [5, 5.41) is 5.90. The van der Waals surface area contributed by atoms with Gasteiger partial charge in [0.05, 0.1) is 0 Å². The number of hydrogen-bond donors (Lipinski definition) is 1. The third kappa shape index (κ3) is 4.38. The van der Waals surface area contributed by atoms with Crippen LogP contribution in [0.3, 0.4) is 0 Å². The first kappa shape index (κ1) is 14.1. The highest BCUT2D eigenvalue weighted by molar-refractivity contribution is 7.13. The molecule has 0 aromatic carbocycles. The Morgan fingerprint density at radius 3 is 3.05 bits per heavy atom. The first-order valence-corrected chi connectivity index (χ1v) is 7.43. The lowest BCUT2D eigenvalue weighted by Gasteiger charge is -2.20. The predicted molar refractivity (Wildman–Crippen MR) is 76.7 cm³/mol. The quantitative estimate of drug-likeness (QED) is 0.926. The number of ether oxygens (including phenoxy) is 1. The summed E-state index contributed by atoms with van der Waals surface area (Å²) in [6, 6.07) is 0. The van der Waals surface area contributed by atoms with E-state index in [9.17, 15) is 4.79 Å². The molecule has 6 heteroatoms. The van der Waals surface area contributed by atoms with E-state index in [2.05, 4.69) is 15.2 Å². The van der Waals surface area contributed by atoms with Crippen molar-refractivity contribution >= 4 is 22.6 Å². The van der Waals surface area contributed by atoms with E-state index in [1.807, 2.05) is 32.3 Å². The molecule has 1 saturated heterocycles. The SMILES string of the molecule is CC(C)(C)OC(=O)NC[C@H]1CCN(c2nccs2)C1. The maximum Gasteiger partial charge on any atom is 0.407 e. The smallest absolute Gasteiger partial charge is 0.407 e. The summed E-state index contributed by atoms with van der Waals surface area (Å²) in [7, 11) is 0. The van der Waals surface area contributed by atoms with Gasteiger partial charge >= 0.3 is 6.09 Å². The van der Waals surface area contributed by atoms with Gasteiger partial charge in [0.25, 0.3) is 0 Å². The minimum Gasteiger partial charge on any atom is -0.444 e. The number of hydrogen-bond acceptors (Lipinski definition) is 5. The Morgan fingerprint density at radius 2 is 2.42 bits per heavy atom. The van der Waals surface area contributed by atoms with Crippen molar-refractivity contribution in [3.05, 3.63) is 11.6 Å². The van der Waals surface area contributed by atoms with Gasteiger partial charge in [-0.2, -0.15) is 0 Å². The van der Waals surface area contributed by atoms with E-state index in [-0.39, 0.29) is 6.09 Å². The van der Waals surface area contributed by atoms with E-state index in [1.54, 1.807) is 11.3 Å². The Labute approximate surface area is 118 Å². The van der Waals surface area contributed by atoms with E-state index < -0.39 is 5.60 Å². The third-order valence-corrected chi connectivity index (χ3v) is 3.74. The van der Waals surface area contributed by atoms with Crippen LogP contribution < -0.4 is 10.2 Å². The molecule has 1 aromatic rings. The number of amides is 1. The summed E-state index contributed by atoms with van der Waals surface area (Å²) in [6.45, 7) is 8.22. The van der Waals surface area contributed by atoms with Crippen LogP contribution >= 0.6 is 11.3 Å². The number of rotatable bonds is 3. The molecule has 0 spiro atoms. The van der Waals surface area contributed by atoms with E-state index in [1.165, 1.54) is 0 Å². The van der Waals surface area contributed by atoms with Crippen LogP contribution in [0.4, 0.5) is 9.93 Å². The van der Waals surface area contributed by atoms with Crippen LogP contribution in [0.1, 0.15) is 27.2 Å².